The predicted octanol–water partition coefficient (Wildman–Crippen LogP) is 2.93. The van der Waals surface area contributed by atoms with Gasteiger partial charge in [-0.25, -0.2) is 9.97 Å². The van der Waals surface area contributed by atoms with Crippen LogP contribution in [0.4, 0.5) is 23.5 Å². The highest BCUT2D eigenvalue weighted by Crippen LogP contribution is 2.26. The molecular formula is C16H28N8. The predicted molar refractivity (Wildman–Crippen MR) is 101 cm³/mol. The lowest BCUT2D eigenvalue weighted by atomic mass is 10.3. The minimum atomic E-state index is 0.586. The number of fused-ring (bicyclic) bond motifs is 1. The molecule has 4 N–H and O–H groups in total. The zero-order valence-electron chi connectivity index (χ0n) is 15.0. The second kappa shape index (κ2) is 9.05. The van der Waals surface area contributed by atoms with Gasteiger partial charge in [0.1, 0.15) is 11.0 Å². The zero-order chi connectivity index (χ0) is 17.4. The van der Waals surface area contributed by atoms with Crippen LogP contribution in [0.15, 0.2) is 0 Å². The molecule has 0 spiro atoms. The highest BCUT2D eigenvalue weighted by molar-refractivity contribution is 5.94. The molecule has 0 bridgehead atoms. The Balaban J connectivity index is 2.59. The average molecular weight is 332 g/mol. The standard InChI is InChI=1S/C16H28N8/c1-5-9-19-13-11-12(22-15(23-13)17-7-3)14(20-10-6-2)24-16(21-11)18-8-4/h5-10H2,1-4H3,(H2,17,19,22,23)(H2,18,20,21,24). The number of hydrogen-bond acceptors (Lipinski definition) is 8. The maximum atomic E-state index is 4.61. The molecule has 2 aromatic rings. The van der Waals surface area contributed by atoms with Gasteiger partial charge in [0.25, 0.3) is 0 Å². The minimum Gasteiger partial charge on any atom is -0.368 e. The molecule has 0 aliphatic heterocycles. The molecule has 8 nitrogen and oxygen atoms in total. The van der Waals surface area contributed by atoms with Crippen LogP contribution in [0.2, 0.25) is 0 Å². The summed E-state index contributed by atoms with van der Waals surface area (Å²) in [5.41, 5.74) is 1.46. The van der Waals surface area contributed by atoms with Crippen molar-refractivity contribution in [2.45, 2.75) is 40.5 Å². The lowest BCUT2D eigenvalue weighted by Gasteiger charge is -2.14. The molecule has 2 rings (SSSR count). The summed E-state index contributed by atoms with van der Waals surface area (Å²) in [6.45, 7) is 11.5. The van der Waals surface area contributed by atoms with Crippen LogP contribution in [0.5, 0.6) is 0 Å². The van der Waals surface area contributed by atoms with E-state index in [2.05, 4.69) is 55.1 Å². The Labute approximate surface area is 143 Å². The summed E-state index contributed by atoms with van der Waals surface area (Å²) >= 11 is 0. The van der Waals surface area contributed by atoms with Crippen LogP contribution in [0.3, 0.4) is 0 Å². The van der Waals surface area contributed by atoms with Crippen molar-refractivity contribution in [3.63, 3.8) is 0 Å². The van der Waals surface area contributed by atoms with Crippen molar-refractivity contribution in [1.82, 2.24) is 19.9 Å². The number of nitrogens with one attached hydrogen (secondary N) is 4. The molecule has 2 heterocycles. The van der Waals surface area contributed by atoms with Crippen LogP contribution in [0.25, 0.3) is 11.0 Å². The second-order valence-corrected chi connectivity index (χ2v) is 5.40. The van der Waals surface area contributed by atoms with Gasteiger partial charge >= 0.3 is 0 Å². The molecule has 0 unspecified atom stereocenters. The van der Waals surface area contributed by atoms with Gasteiger partial charge in [-0.2, -0.15) is 9.97 Å². The van der Waals surface area contributed by atoms with E-state index in [1.807, 2.05) is 13.8 Å². The lowest BCUT2D eigenvalue weighted by Crippen LogP contribution is -2.13. The number of nitrogens with zero attached hydrogens (tertiary/aromatic N) is 4. The molecule has 0 saturated carbocycles. The first-order valence-corrected chi connectivity index (χ1v) is 8.78. The summed E-state index contributed by atoms with van der Waals surface area (Å²) in [7, 11) is 0. The van der Waals surface area contributed by atoms with E-state index in [0.29, 0.717) is 11.9 Å². The molecule has 0 saturated heterocycles. The smallest absolute Gasteiger partial charge is 0.225 e. The van der Waals surface area contributed by atoms with Crippen LogP contribution in [0, 0.1) is 0 Å². The Hall–Kier alpha value is -2.38. The maximum Gasteiger partial charge on any atom is 0.225 e. The Morgan fingerprint density at radius 3 is 1.33 bits per heavy atom. The topological polar surface area (TPSA) is 99.7 Å². The summed E-state index contributed by atoms with van der Waals surface area (Å²) in [6.07, 6.45) is 2.02. The maximum absolute atomic E-state index is 4.61. The van der Waals surface area contributed by atoms with E-state index < -0.39 is 0 Å². The van der Waals surface area contributed by atoms with Gasteiger partial charge in [0.05, 0.1) is 0 Å². The van der Waals surface area contributed by atoms with E-state index in [0.717, 1.165) is 61.7 Å². The van der Waals surface area contributed by atoms with Crippen LogP contribution in [-0.2, 0) is 0 Å². The van der Waals surface area contributed by atoms with E-state index in [9.17, 15) is 0 Å². The number of hydrogen-bond donors (Lipinski definition) is 4. The molecule has 0 fully saturated rings. The average Bonchev–Trinajstić information content (AvgIpc) is 2.58. The summed E-state index contributed by atoms with van der Waals surface area (Å²) in [6, 6.07) is 0. The third-order valence-electron chi connectivity index (χ3n) is 3.30. The number of anilines is 4. The Morgan fingerprint density at radius 2 is 1.00 bits per heavy atom. The van der Waals surface area contributed by atoms with Crippen molar-refractivity contribution in [3.05, 3.63) is 0 Å². The lowest BCUT2D eigenvalue weighted by molar-refractivity contribution is 0.957. The molecule has 0 aliphatic carbocycles. The fourth-order valence-electron chi connectivity index (χ4n) is 2.22. The van der Waals surface area contributed by atoms with Crippen molar-refractivity contribution >= 4 is 34.6 Å². The number of aromatic nitrogens is 4. The van der Waals surface area contributed by atoms with Gasteiger partial charge in [-0.3, -0.25) is 0 Å². The molecule has 0 radical (unpaired) electrons. The fraction of sp³-hybridized carbons (Fsp3) is 0.625. The van der Waals surface area contributed by atoms with Crippen molar-refractivity contribution < 1.29 is 0 Å². The summed E-state index contributed by atoms with van der Waals surface area (Å²) < 4.78 is 0. The van der Waals surface area contributed by atoms with Gasteiger partial charge in [0.2, 0.25) is 11.9 Å². The Morgan fingerprint density at radius 1 is 0.583 bits per heavy atom. The van der Waals surface area contributed by atoms with E-state index >= 15 is 0 Å². The third kappa shape index (κ3) is 4.33. The summed E-state index contributed by atoms with van der Waals surface area (Å²) in [5.74, 6) is 2.64. The third-order valence-corrected chi connectivity index (χ3v) is 3.30. The first kappa shape index (κ1) is 18.0. The molecule has 2 aromatic heterocycles. The first-order chi connectivity index (χ1) is 11.7. The highest BCUT2D eigenvalue weighted by atomic mass is 15.2. The zero-order valence-corrected chi connectivity index (χ0v) is 15.0. The van der Waals surface area contributed by atoms with E-state index in [1.165, 1.54) is 0 Å². The molecule has 24 heavy (non-hydrogen) atoms. The Bertz CT molecular complexity index is 601. The van der Waals surface area contributed by atoms with Crippen LogP contribution >= 0.6 is 0 Å². The van der Waals surface area contributed by atoms with E-state index in [1.54, 1.807) is 0 Å². The normalized spacial score (nSPS) is 10.7. The molecule has 0 aromatic carbocycles. The first-order valence-electron chi connectivity index (χ1n) is 8.78. The molecule has 0 amide bonds. The highest BCUT2D eigenvalue weighted by Gasteiger charge is 2.15. The van der Waals surface area contributed by atoms with Gasteiger partial charge < -0.3 is 21.3 Å². The summed E-state index contributed by atoms with van der Waals surface area (Å²) in [5, 5.41) is 13.1. The number of rotatable bonds is 10. The van der Waals surface area contributed by atoms with E-state index in [4.69, 9.17) is 0 Å². The van der Waals surface area contributed by atoms with Crippen LogP contribution in [0.1, 0.15) is 40.5 Å². The Kier molecular flexibility index (Phi) is 6.77. The van der Waals surface area contributed by atoms with Crippen molar-refractivity contribution in [3.8, 4) is 0 Å². The van der Waals surface area contributed by atoms with Crippen LogP contribution in [-0.4, -0.2) is 46.1 Å². The SMILES string of the molecule is CCCNc1nc(NCC)nc2c(NCCC)nc(NCC)nc12. The quantitative estimate of drug-likeness (QED) is 0.527. The molecule has 0 atom stereocenters. The van der Waals surface area contributed by atoms with Crippen molar-refractivity contribution in [2.24, 2.45) is 0 Å². The van der Waals surface area contributed by atoms with Crippen LogP contribution < -0.4 is 21.3 Å². The molecule has 132 valence electrons. The van der Waals surface area contributed by atoms with Gasteiger partial charge in [-0.05, 0) is 26.7 Å². The van der Waals surface area contributed by atoms with E-state index in [-0.39, 0.29) is 0 Å². The van der Waals surface area contributed by atoms with Gasteiger partial charge in [-0.15, -0.1) is 0 Å². The van der Waals surface area contributed by atoms with Gasteiger partial charge in [-0.1, -0.05) is 13.8 Å². The van der Waals surface area contributed by atoms with Gasteiger partial charge in [0, 0.05) is 26.2 Å². The van der Waals surface area contributed by atoms with Gasteiger partial charge in [0.15, 0.2) is 11.6 Å². The molecular weight excluding hydrogens is 304 g/mol. The fourth-order valence-corrected chi connectivity index (χ4v) is 2.22. The van der Waals surface area contributed by atoms with Crippen molar-refractivity contribution in [2.75, 3.05) is 47.4 Å². The molecule has 0 aliphatic rings. The monoisotopic (exact) mass is 332 g/mol. The van der Waals surface area contributed by atoms with Crippen molar-refractivity contribution in [1.29, 1.82) is 0 Å². The second-order valence-electron chi connectivity index (χ2n) is 5.40. The summed E-state index contributed by atoms with van der Waals surface area (Å²) in [4.78, 5) is 18.4. The largest absolute Gasteiger partial charge is 0.368 e. The molecule has 8 heteroatoms. The minimum absolute atomic E-state index is 0.586.